The van der Waals surface area contributed by atoms with E-state index in [1.807, 2.05) is 19.2 Å². The lowest BCUT2D eigenvalue weighted by molar-refractivity contribution is 0.687. The molecule has 0 aliphatic rings. The van der Waals surface area contributed by atoms with Crippen molar-refractivity contribution in [3.8, 4) is 0 Å². The molecule has 0 aromatic heterocycles. The van der Waals surface area contributed by atoms with Gasteiger partial charge in [0.1, 0.15) is 0 Å². The monoisotopic (exact) mass is 365 g/mol. The zero-order valence-corrected chi connectivity index (χ0v) is 15.1. The van der Waals surface area contributed by atoms with Crippen LogP contribution in [-0.4, -0.2) is 7.05 Å². The second-order valence-corrected chi connectivity index (χ2v) is 6.41. The molecule has 112 valence electrons. The predicted molar refractivity (Wildman–Crippen MR) is 95.3 cm³/mol. The maximum absolute atomic E-state index is 6.05. The van der Waals surface area contributed by atoms with E-state index in [1.54, 1.807) is 0 Å². The summed E-state index contributed by atoms with van der Waals surface area (Å²) in [6.45, 7) is 4.42. The molecule has 0 aliphatic carbocycles. The molecule has 0 saturated carbocycles. The first-order valence-corrected chi connectivity index (χ1v) is 8.51. The van der Waals surface area contributed by atoms with Crippen molar-refractivity contribution >= 4 is 27.5 Å². The Balaban J connectivity index is 2.46. The van der Waals surface area contributed by atoms with Crippen LogP contribution in [0.3, 0.4) is 0 Å². The third-order valence-electron chi connectivity index (χ3n) is 3.89. The molecule has 21 heavy (non-hydrogen) atoms. The highest BCUT2D eigenvalue weighted by atomic mass is 79.9. The lowest BCUT2D eigenvalue weighted by Crippen LogP contribution is -2.18. The van der Waals surface area contributed by atoms with Gasteiger partial charge in [0, 0.05) is 9.50 Å². The van der Waals surface area contributed by atoms with Gasteiger partial charge in [0.05, 0.1) is 6.04 Å². The first-order chi connectivity index (χ1) is 10.1. The minimum absolute atomic E-state index is 0.160. The van der Waals surface area contributed by atoms with Crippen LogP contribution in [0.1, 0.15) is 42.1 Å². The molecule has 0 heterocycles. The van der Waals surface area contributed by atoms with E-state index in [0.29, 0.717) is 0 Å². The molecule has 0 spiro atoms. The van der Waals surface area contributed by atoms with Crippen LogP contribution in [0.4, 0.5) is 0 Å². The van der Waals surface area contributed by atoms with Gasteiger partial charge in [-0.25, -0.2) is 0 Å². The van der Waals surface area contributed by atoms with E-state index in [4.69, 9.17) is 11.6 Å². The van der Waals surface area contributed by atoms with Gasteiger partial charge in [-0.3, -0.25) is 0 Å². The Morgan fingerprint density at radius 1 is 1.05 bits per heavy atom. The molecule has 0 saturated heterocycles. The SMILES string of the molecule is CCc1ccc(C(NC)c2ccc(Cl)cc2Br)cc1CC. The van der Waals surface area contributed by atoms with E-state index in [0.717, 1.165) is 22.3 Å². The standard InChI is InChI=1S/C18H21BrClN/c1-4-12-6-7-14(10-13(12)5-2)18(21-3)16-9-8-15(20)11-17(16)19/h6-11,18,21H,4-5H2,1-3H3. The highest BCUT2D eigenvalue weighted by molar-refractivity contribution is 9.10. The van der Waals surface area contributed by atoms with Crippen LogP contribution < -0.4 is 5.32 Å². The molecule has 2 aromatic carbocycles. The molecule has 2 aromatic rings. The summed E-state index contributed by atoms with van der Waals surface area (Å²) >= 11 is 9.67. The molecule has 3 heteroatoms. The molecule has 0 amide bonds. The Kier molecular flexibility index (Phi) is 5.86. The van der Waals surface area contributed by atoms with Gasteiger partial charge in [-0.15, -0.1) is 0 Å². The summed E-state index contributed by atoms with van der Waals surface area (Å²) in [7, 11) is 1.99. The number of hydrogen-bond donors (Lipinski definition) is 1. The maximum Gasteiger partial charge on any atom is 0.0585 e. The zero-order chi connectivity index (χ0) is 15.4. The van der Waals surface area contributed by atoms with Gasteiger partial charge >= 0.3 is 0 Å². The van der Waals surface area contributed by atoms with Crippen LogP contribution in [0.25, 0.3) is 0 Å². The minimum Gasteiger partial charge on any atom is -0.309 e. The predicted octanol–water partition coefficient (Wildman–Crippen LogP) is 5.54. The van der Waals surface area contributed by atoms with Crippen LogP contribution in [-0.2, 0) is 12.8 Å². The first-order valence-electron chi connectivity index (χ1n) is 7.34. The average molecular weight is 367 g/mol. The summed E-state index contributed by atoms with van der Waals surface area (Å²) in [5, 5.41) is 4.16. The van der Waals surface area contributed by atoms with Gasteiger partial charge in [0.25, 0.3) is 0 Å². The van der Waals surface area contributed by atoms with Gasteiger partial charge in [0.15, 0.2) is 0 Å². The molecule has 0 aliphatic heterocycles. The molecule has 1 unspecified atom stereocenters. The molecule has 0 fully saturated rings. The van der Waals surface area contributed by atoms with Crippen LogP contribution in [0, 0.1) is 0 Å². The third kappa shape index (κ3) is 3.68. The Bertz CT molecular complexity index is 625. The lowest BCUT2D eigenvalue weighted by atomic mass is 9.93. The topological polar surface area (TPSA) is 12.0 Å². The fourth-order valence-electron chi connectivity index (χ4n) is 2.74. The summed E-state index contributed by atoms with van der Waals surface area (Å²) in [6.07, 6.45) is 2.15. The van der Waals surface area contributed by atoms with Crippen molar-refractivity contribution in [3.05, 3.63) is 68.1 Å². The fraction of sp³-hybridized carbons (Fsp3) is 0.333. The molecule has 0 bridgehead atoms. The molecule has 0 radical (unpaired) electrons. The Hall–Kier alpha value is -0.830. The number of aryl methyl sites for hydroxylation is 2. The quantitative estimate of drug-likeness (QED) is 0.733. The summed E-state index contributed by atoms with van der Waals surface area (Å²) in [6, 6.07) is 12.9. The van der Waals surface area contributed by atoms with Gasteiger partial charge < -0.3 is 5.32 Å². The van der Waals surface area contributed by atoms with Crippen molar-refractivity contribution in [1.82, 2.24) is 5.32 Å². The fourth-order valence-corrected chi connectivity index (χ4v) is 3.65. The van der Waals surface area contributed by atoms with E-state index in [9.17, 15) is 0 Å². The minimum atomic E-state index is 0.160. The molecule has 2 rings (SSSR count). The van der Waals surface area contributed by atoms with E-state index in [-0.39, 0.29) is 6.04 Å². The molecule has 1 nitrogen and oxygen atoms in total. The molecular weight excluding hydrogens is 346 g/mol. The summed E-state index contributed by atoms with van der Waals surface area (Å²) in [5.74, 6) is 0. The van der Waals surface area contributed by atoms with Crippen molar-refractivity contribution < 1.29 is 0 Å². The Morgan fingerprint density at radius 3 is 2.33 bits per heavy atom. The molecular formula is C18H21BrClN. The number of benzene rings is 2. The molecule has 1 N–H and O–H groups in total. The first kappa shape index (κ1) is 16.5. The van der Waals surface area contributed by atoms with E-state index in [1.165, 1.54) is 22.3 Å². The summed E-state index contributed by atoms with van der Waals surface area (Å²) in [4.78, 5) is 0. The molecule has 1 atom stereocenters. The summed E-state index contributed by atoms with van der Waals surface area (Å²) in [5.41, 5.74) is 5.36. The highest BCUT2D eigenvalue weighted by Crippen LogP contribution is 2.31. The normalized spacial score (nSPS) is 12.4. The van der Waals surface area contributed by atoms with Crippen LogP contribution in [0.2, 0.25) is 5.02 Å². The Morgan fingerprint density at radius 2 is 1.76 bits per heavy atom. The van der Waals surface area contributed by atoms with Crippen molar-refractivity contribution in [2.24, 2.45) is 0 Å². The van der Waals surface area contributed by atoms with Crippen LogP contribution in [0.5, 0.6) is 0 Å². The van der Waals surface area contributed by atoms with Gasteiger partial charge in [-0.2, -0.15) is 0 Å². The van der Waals surface area contributed by atoms with Crippen molar-refractivity contribution in [2.45, 2.75) is 32.7 Å². The Labute approximate surface area is 140 Å². The average Bonchev–Trinajstić information content (AvgIpc) is 2.49. The van der Waals surface area contributed by atoms with Crippen molar-refractivity contribution in [1.29, 1.82) is 0 Å². The van der Waals surface area contributed by atoms with Crippen molar-refractivity contribution in [2.75, 3.05) is 7.05 Å². The van der Waals surface area contributed by atoms with E-state index >= 15 is 0 Å². The van der Waals surface area contributed by atoms with E-state index in [2.05, 4.69) is 59.4 Å². The number of halogens is 2. The van der Waals surface area contributed by atoms with E-state index < -0.39 is 0 Å². The summed E-state index contributed by atoms with van der Waals surface area (Å²) < 4.78 is 1.03. The third-order valence-corrected chi connectivity index (χ3v) is 4.81. The number of nitrogens with one attached hydrogen (secondary N) is 1. The van der Waals surface area contributed by atoms with Gasteiger partial charge in [-0.05, 0) is 54.3 Å². The van der Waals surface area contributed by atoms with Crippen LogP contribution in [0.15, 0.2) is 40.9 Å². The maximum atomic E-state index is 6.05. The second-order valence-electron chi connectivity index (χ2n) is 5.12. The smallest absolute Gasteiger partial charge is 0.0585 e. The number of hydrogen-bond acceptors (Lipinski definition) is 1. The lowest BCUT2D eigenvalue weighted by Gasteiger charge is -2.20. The second kappa shape index (κ2) is 7.44. The van der Waals surface area contributed by atoms with Crippen LogP contribution >= 0.6 is 27.5 Å². The van der Waals surface area contributed by atoms with Crippen molar-refractivity contribution in [3.63, 3.8) is 0 Å². The number of rotatable bonds is 5. The zero-order valence-electron chi connectivity index (χ0n) is 12.7. The largest absolute Gasteiger partial charge is 0.309 e. The van der Waals surface area contributed by atoms with Gasteiger partial charge in [0.2, 0.25) is 0 Å². The highest BCUT2D eigenvalue weighted by Gasteiger charge is 2.16. The van der Waals surface area contributed by atoms with Gasteiger partial charge in [-0.1, -0.05) is 65.6 Å².